The Bertz CT molecular complexity index is 765. The van der Waals surface area contributed by atoms with Gasteiger partial charge in [0, 0.05) is 16.4 Å². The fraction of sp³-hybridized carbons (Fsp3) is 0.125. The fourth-order valence-electron chi connectivity index (χ4n) is 1.83. The zero-order valence-electron chi connectivity index (χ0n) is 12.2. The molecule has 0 saturated heterocycles. The molecule has 0 unspecified atom stereocenters. The van der Waals surface area contributed by atoms with Crippen LogP contribution in [0, 0.1) is 12.7 Å². The van der Waals surface area contributed by atoms with E-state index in [-0.39, 0.29) is 11.3 Å². The number of nitrogens with two attached hydrogens (primary N) is 1. The number of nitrogens with one attached hydrogen (secondary N) is 1. The smallest absolute Gasteiger partial charge is 0.340 e. The maximum atomic E-state index is 13.2. The summed E-state index contributed by atoms with van der Waals surface area (Å²) < 4.78 is 18.0. The van der Waals surface area contributed by atoms with Gasteiger partial charge in [-0.3, -0.25) is 4.79 Å². The molecule has 0 aliphatic rings. The number of aryl methyl sites for hydroxylation is 1. The van der Waals surface area contributed by atoms with Crippen LogP contribution in [0.5, 0.6) is 0 Å². The van der Waals surface area contributed by atoms with Crippen LogP contribution >= 0.6 is 11.6 Å². The predicted octanol–water partition coefficient (Wildman–Crippen LogP) is 3.17. The molecule has 1 amide bonds. The van der Waals surface area contributed by atoms with Gasteiger partial charge in [0.1, 0.15) is 5.82 Å². The molecule has 0 atom stereocenters. The number of nitrogen functional groups attached to an aromatic ring is 1. The van der Waals surface area contributed by atoms with Crippen LogP contribution < -0.4 is 11.1 Å². The van der Waals surface area contributed by atoms with Gasteiger partial charge < -0.3 is 15.8 Å². The van der Waals surface area contributed by atoms with Crippen LogP contribution in [0.2, 0.25) is 5.02 Å². The standard InChI is InChI=1S/C16H14ClFN2O3/c1-9-2-4-11(18)7-14(9)20-15(21)8-23-16(22)12-6-10(17)3-5-13(12)19/h2-7H,8,19H2,1H3,(H,20,21). The van der Waals surface area contributed by atoms with E-state index >= 15 is 0 Å². The molecule has 0 radical (unpaired) electrons. The minimum atomic E-state index is -0.767. The second-order valence-electron chi connectivity index (χ2n) is 4.82. The Hall–Kier alpha value is -2.60. The molecule has 5 nitrogen and oxygen atoms in total. The van der Waals surface area contributed by atoms with E-state index in [9.17, 15) is 14.0 Å². The van der Waals surface area contributed by atoms with Crippen molar-refractivity contribution in [1.29, 1.82) is 0 Å². The van der Waals surface area contributed by atoms with Gasteiger partial charge >= 0.3 is 5.97 Å². The third-order valence-corrected chi connectivity index (χ3v) is 3.28. The average Bonchev–Trinajstić information content (AvgIpc) is 2.51. The van der Waals surface area contributed by atoms with Crippen molar-refractivity contribution in [2.45, 2.75) is 6.92 Å². The molecule has 0 spiro atoms. The van der Waals surface area contributed by atoms with Gasteiger partial charge in [-0.1, -0.05) is 17.7 Å². The molecule has 0 aliphatic heterocycles. The van der Waals surface area contributed by atoms with E-state index in [1.807, 2.05) is 0 Å². The Balaban J connectivity index is 1.97. The summed E-state index contributed by atoms with van der Waals surface area (Å²) >= 11 is 5.79. The van der Waals surface area contributed by atoms with Gasteiger partial charge in [-0.05, 0) is 42.8 Å². The number of anilines is 2. The second-order valence-corrected chi connectivity index (χ2v) is 5.25. The van der Waals surface area contributed by atoms with E-state index in [0.717, 1.165) is 0 Å². The second kappa shape index (κ2) is 7.11. The largest absolute Gasteiger partial charge is 0.452 e. The van der Waals surface area contributed by atoms with Crippen LogP contribution in [0.1, 0.15) is 15.9 Å². The minimum Gasteiger partial charge on any atom is -0.452 e. The maximum Gasteiger partial charge on any atom is 0.340 e. The SMILES string of the molecule is Cc1ccc(F)cc1NC(=O)COC(=O)c1cc(Cl)ccc1N. The number of esters is 1. The summed E-state index contributed by atoms with van der Waals surface area (Å²) in [7, 11) is 0. The summed E-state index contributed by atoms with van der Waals surface area (Å²) in [6, 6.07) is 8.36. The van der Waals surface area contributed by atoms with Crippen LogP contribution in [0.25, 0.3) is 0 Å². The first kappa shape index (κ1) is 16.8. The lowest BCUT2D eigenvalue weighted by Gasteiger charge is -2.10. The monoisotopic (exact) mass is 336 g/mol. The topological polar surface area (TPSA) is 81.4 Å². The van der Waals surface area contributed by atoms with Crippen molar-refractivity contribution in [1.82, 2.24) is 0 Å². The lowest BCUT2D eigenvalue weighted by molar-refractivity contribution is -0.119. The number of hydrogen-bond donors (Lipinski definition) is 2. The van der Waals surface area contributed by atoms with Crippen molar-refractivity contribution < 1.29 is 18.7 Å². The number of benzene rings is 2. The summed E-state index contributed by atoms with van der Waals surface area (Å²) in [5.74, 6) is -1.83. The highest BCUT2D eigenvalue weighted by Crippen LogP contribution is 2.19. The number of carbonyl (C=O) groups is 2. The molecule has 0 aliphatic carbocycles. The molecule has 3 N–H and O–H groups in total. The highest BCUT2D eigenvalue weighted by molar-refractivity contribution is 6.31. The number of halogens is 2. The minimum absolute atomic E-state index is 0.0761. The summed E-state index contributed by atoms with van der Waals surface area (Å²) in [5.41, 5.74) is 6.93. The highest BCUT2D eigenvalue weighted by atomic mass is 35.5. The first-order valence-electron chi connectivity index (χ1n) is 6.65. The molecule has 0 saturated carbocycles. The molecule has 2 aromatic rings. The molecular weight excluding hydrogens is 323 g/mol. The van der Waals surface area contributed by atoms with Crippen molar-refractivity contribution in [2.75, 3.05) is 17.7 Å². The van der Waals surface area contributed by atoms with E-state index in [0.29, 0.717) is 16.3 Å². The van der Waals surface area contributed by atoms with E-state index in [1.54, 1.807) is 6.92 Å². The van der Waals surface area contributed by atoms with E-state index in [1.165, 1.54) is 36.4 Å². The van der Waals surface area contributed by atoms with Gasteiger partial charge in [-0.25, -0.2) is 9.18 Å². The maximum absolute atomic E-state index is 13.2. The van der Waals surface area contributed by atoms with Crippen molar-refractivity contribution in [2.24, 2.45) is 0 Å². The molecular formula is C16H14ClFN2O3. The zero-order chi connectivity index (χ0) is 17.0. The Morgan fingerprint density at radius 3 is 2.74 bits per heavy atom. The molecule has 2 rings (SSSR count). The molecule has 2 aromatic carbocycles. The molecule has 7 heteroatoms. The van der Waals surface area contributed by atoms with Crippen LogP contribution in [0.4, 0.5) is 15.8 Å². The van der Waals surface area contributed by atoms with Crippen molar-refractivity contribution in [3.8, 4) is 0 Å². The summed E-state index contributed by atoms with van der Waals surface area (Å²) in [6.45, 7) is 1.19. The first-order chi connectivity index (χ1) is 10.9. The van der Waals surface area contributed by atoms with Gasteiger partial charge in [-0.2, -0.15) is 0 Å². The van der Waals surface area contributed by atoms with Crippen molar-refractivity contribution >= 4 is 34.9 Å². The lowest BCUT2D eigenvalue weighted by atomic mass is 10.2. The summed E-state index contributed by atoms with van der Waals surface area (Å²) in [6.07, 6.45) is 0. The van der Waals surface area contributed by atoms with Gasteiger partial charge in [-0.15, -0.1) is 0 Å². The molecule has 120 valence electrons. The predicted molar refractivity (Wildman–Crippen MR) is 85.9 cm³/mol. The van der Waals surface area contributed by atoms with Crippen LogP contribution in [0.3, 0.4) is 0 Å². The Morgan fingerprint density at radius 2 is 2.00 bits per heavy atom. The van der Waals surface area contributed by atoms with E-state index in [4.69, 9.17) is 22.1 Å². The van der Waals surface area contributed by atoms with Crippen LogP contribution in [-0.4, -0.2) is 18.5 Å². The van der Waals surface area contributed by atoms with E-state index < -0.39 is 24.3 Å². The van der Waals surface area contributed by atoms with Crippen LogP contribution in [-0.2, 0) is 9.53 Å². The van der Waals surface area contributed by atoms with Gasteiger partial charge in [0.25, 0.3) is 5.91 Å². The molecule has 0 aromatic heterocycles. The zero-order valence-corrected chi connectivity index (χ0v) is 13.0. The Labute approximate surface area is 137 Å². The third-order valence-electron chi connectivity index (χ3n) is 3.04. The first-order valence-corrected chi connectivity index (χ1v) is 7.03. The third kappa shape index (κ3) is 4.43. The molecule has 0 heterocycles. The average molecular weight is 337 g/mol. The van der Waals surface area contributed by atoms with Crippen LogP contribution in [0.15, 0.2) is 36.4 Å². The number of hydrogen-bond acceptors (Lipinski definition) is 4. The number of amides is 1. The Morgan fingerprint density at radius 1 is 1.26 bits per heavy atom. The number of rotatable bonds is 4. The van der Waals surface area contributed by atoms with Gasteiger partial charge in [0.05, 0.1) is 5.56 Å². The quantitative estimate of drug-likeness (QED) is 0.663. The highest BCUT2D eigenvalue weighted by Gasteiger charge is 2.14. The molecule has 23 heavy (non-hydrogen) atoms. The number of carbonyl (C=O) groups excluding carboxylic acids is 2. The van der Waals surface area contributed by atoms with E-state index in [2.05, 4.69) is 5.32 Å². The fourth-order valence-corrected chi connectivity index (χ4v) is 2.00. The van der Waals surface area contributed by atoms with Gasteiger partial charge in [0.2, 0.25) is 0 Å². The Kier molecular flexibility index (Phi) is 5.18. The van der Waals surface area contributed by atoms with Gasteiger partial charge in [0.15, 0.2) is 6.61 Å². The number of ether oxygens (including phenoxy) is 1. The summed E-state index contributed by atoms with van der Waals surface area (Å²) in [5, 5.41) is 2.80. The summed E-state index contributed by atoms with van der Waals surface area (Å²) in [4.78, 5) is 23.7. The van der Waals surface area contributed by atoms with Crippen molar-refractivity contribution in [3.05, 3.63) is 58.4 Å². The molecule has 0 fully saturated rings. The lowest BCUT2D eigenvalue weighted by Crippen LogP contribution is -2.21. The van der Waals surface area contributed by atoms with Crippen molar-refractivity contribution in [3.63, 3.8) is 0 Å². The normalized spacial score (nSPS) is 10.2. The molecule has 0 bridgehead atoms.